The standard InChI is InChI=1S/C35H28ClN5S/c1-2-3-20-40-30-21-24(32-18-19-33(42-32)34-37-23-38-35(36)39-34)14-16-28(30)29-17-15-27(22-31(29)40)41(25-10-6-4-7-11-25)26-12-8-5-9-13-26/h4-19,21-23H,2-3,20H2,1H3. The summed E-state index contributed by atoms with van der Waals surface area (Å²) in [5.74, 6) is 0.596. The van der Waals surface area contributed by atoms with Gasteiger partial charge in [0.25, 0.3) is 0 Å². The Balaban J connectivity index is 1.36. The molecule has 0 aliphatic carbocycles. The van der Waals surface area contributed by atoms with Crippen molar-refractivity contribution in [1.82, 2.24) is 19.5 Å². The fourth-order valence-corrected chi connectivity index (χ4v) is 6.61. The first-order chi connectivity index (χ1) is 20.7. The van der Waals surface area contributed by atoms with E-state index in [2.05, 4.69) is 141 Å². The average molecular weight is 586 g/mol. The van der Waals surface area contributed by atoms with Gasteiger partial charge in [0.15, 0.2) is 5.82 Å². The molecule has 5 nitrogen and oxygen atoms in total. The minimum atomic E-state index is 0.203. The number of benzene rings is 4. The van der Waals surface area contributed by atoms with E-state index in [4.69, 9.17) is 11.6 Å². The molecule has 0 saturated carbocycles. The maximum atomic E-state index is 6.02. The highest BCUT2D eigenvalue weighted by molar-refractivity contribution is 7.18. The quantitative estimate of drug-likeness (QED) is 0.178. The summed E-state index contributed by atoms with van der Waals surface area (Å²) in [4.78, 5) is 17.0. The summed E-state index contributed by atoms with van der Waals surface area (Å²) in [6.07, 6.45) is 3.69. The van der Waals surface area contributed by atoms with E-state index in [-0.39, 0.29) is 5.28 Å². The molecule has 3 heterocycles. The topological polar surface area (TPSA) is 46.8 Å². The third-order valence-electron chi connectivity index (χ3n) is 7.53. The molecule has 0 fully saturated rings. The third kappa shape index (κ3) is 4.93. The van der Waals surface area contributed by atoms with Crippen molar-refractivity contribution < 1.29 is 0 Å². The van der Waals surface area contributed by atoms with E-state index in [1.165, 1.54) is 33.7 Å². The van der Waals surface area contributed by atoms with Gasteiger partial charge in [0, 0.05) is 44.8 Å². The van der Waals surface area contributed by atoms with Gasteiger partial charge in [0.05, 0.1) is 10.4 Å². The Hall–Kier alpha value is -4.52. The van der Waals surface area contributed by atoms with Crippen LogP contribution in [0, 0.1) is 0 Å². The molecule has 206 valence electrons. The van der Waals surface area contributed by atoms with E-state index in [0.717, 1.165) is 46.2 Å². The Morgan fingerprint density at radius 2 is 1.38 bits per heavy atom. The molecule has 7 rings (SSSR count). The van der Waals surface area contributed by atoms with E-state index in [0.29, 0.717) is 5.82 Å². The van der Waals surface area contributed by atoms with Crippen LogP contribution >= 0.6 is 22.9 Å². The maximum Gasteiger partial charge on any atom is 0.225 e. The predicted octanol–water partition coefficient (Wildman–Crippen LogP) is 10.3. The van der Waals surface area contributed by atoms with E-state index in [1.54, 1.807) is 11.3 Å². The van der Waals surface area contributed by atoms with E-state index >= 15 is 0 Å². The van der Waals surface area contributed by atoms with Gasteiger partial charge < -0.3 is 9.47 Å². The van der Waals surface area contributed by atoms with Crippen LogP contribution in [0.25, 0.3) is 42.9 Å². The van der Waals surface area contributed by atoms with Gasteiger partial charge >= 0.3 is 0 Å². The molecule has 7 heteroatoms. The zero-order valence-electron chi connectivity index (χ0n) is 23.1. The monoisotopic (exact) mass is 585 g/mol. The summed E-state index contributed by atoms with van der Waals surface area (Å²) < 4.78 is 2.50. The number of hydrogen-bond donors (Lipinski definition) is 0. The van der Waals surface area contributed by atoms with Crippen LogP contribution in [0.3, 0.4) is 0 Å². The summed E-state index contributed by atoms with van der Waals surface area (Å²) in [5, 5.41) is 2.74. The Kier molecular flexibility index (Phi) is 7.16. The first-order valence-electron chi connectivity index (χ1n) is 14.1. The van der Waals surface area contributed by atoms with Crippen LogP contribution in [-0.4, -0.2) is 19.5 Å². The number of fused-ring (bicyclic) bond motifs is 3. The highest BCUT2D eigenvalue weighted by atomic mass is 35.5. The maximum absolute atomic E-state index is 6.02. The van der Waals surface area contributed by atoms with Crippen molar-refractivity contribution in [3.63, 3.8) is 0 Å². The van der Waals surface area contributed by atoms with Gasteiger partial charge in [0.2, 0.25) is 5.28 Å². The molecule has 0 spiro atoms. The largest absolute Gasteiger partial charge is 0.340 e. The number of anilines is 3. The van der Waals surface area contributed by atoms with Crippen molar-refractivity contribution >= 4 is 61.8 Å². The minimum Gasteiger partial charge on any atom is -0.340 e. The Morgan fingerprint density at radius 3 is 2.07 bits per heavy atom. The van der Waals surface area contributed by atoms with E-state index in [9.17, 15) is 0 Å². The van der Waals surface area contributed by atoms with Crippen molar-refractivity contribution in [2.75, 3.05) is 4.90 Å². The molecule has 0 bridgehead atoms. The van der Waals surface area contributed by atoms with Gasteiger partial charge in [-0.15, -0.1) is 11.3 Å². The highest BCUT2D eigenvalue weighted by Crippen LogP contribution is 2.40. The molecular weight excluding hydrogens is 558 g/mol. The van der Waals surface area contributed by atoms with Crippen LogP contribution in [0.1, 0.15) is 19.8 Å². The van der Waals surface area contributed by atoms with Gasteiger partial charge in [-0.25, -0.2) is 9.97 Å². The van der Waals surface area contributed by atoms with Crippen molar-refractivity contribution in [2.45, 2.75) is 26.3 Å². The molecule has 4 aromatic carbocycles. The zero-order chi connectivity index (χ0) is 28.5. The molecule has 0 saturated heterocycles. The SMILES string of the molecule is CCCCn1c2cc(-c3ccc(-c4ncnc(Cl)n4)s3)ccc2c2ccc(N(c3ccccc3)c3ccccc3)cc21. The Labute approximate surface area is 253 Å². The lowest BCUT2D eigenvalue weighted by molar-refractivity contribution is 0.665. The fourth-order valence-electron chi connectivity index (χ4n) is 5.54. The molecule has 0 atom stereocenters. The molecule has 0 amide bonds. The summed E-state index contributed by atoms with van der Waals surface area (Å²) in [5.41, 5.74) is 7.08. The predicted molar refractivity (Wildman–Crippen MR) is 176 cm³/mol. The number of rotatable bonds is 8. The van der Waals surface area contributed by atoms with Crippen LogP contribution in [0.4, 0.5) is 17.1 Å². The summed E-state index contributed by atoms with van der Waals surface area (Å²) in [6.45, 7) is 3.21. The molecular formula is C35H28ClN5S. The second kappa shape index (κ2) is 11.4. The molecule has 42 heavy (non-hydrogen) atoms. The lowest BCUT2D eigenvalue weighted by Gasteiger charge is -2.25. The first kappa shape index (κ1) is 26.4. The smallest absolute Gasteiger partial charge is 0.225 e. The van der Waals surface area contributed by atoms with Gasteiger partial charge in [-0.3, -0.25) is 0 Å². The van der Waals surface area contributed by atoms with Crippen molar-refractivity contribution in [3.05, 3.63) is 121 Å². The molecule has 0 N–H and O–H groups in total. The van der Waals surface area contributed by atoms with Crippen LogP contribution in [0.2, 0.25) is 5.28 Å². The number of nitrogens with zero attached hydrogens (tertiary/aromatic N) is 5. The number of aryl methyl sites for hydroxylation is 1. The number of aromatic nitrogens is 4. The van der Waals surface area contributed by atoms with E-state index < -0.39 is 0 Å². The summed E-state index contributed by atoms with van der Waals surface area (Å²) in [7, 11) is 0. The molecule has 7 aromatic rings. The number of unbranched alkanes of at least 4 members (excludes halogenated alkanes) is 1. The van der Waals surface area contributed by atoms with Crippen molar-refractivity contribution in [3.8, 4) is 21.1 Å². The van der Waals surface area contributed by atoms with Crippen LogP contribution in [-0.2, 0) is 6.54 Å². The average Bonchev–Trinajstić information content (AvgIpc) is 3.64. The van der Waals surface area contributed by atoms with Crippen molar-refractivity contribution in [2.24, 2.45) is 0 Å². The molecule has 3 aromatic heterocycles. The third-order valence-corrected chi connectivity index (χ3v) is 8.84. The highest BCUT2D eigenvalue weighted by Gasteiger charge is 2.17. The normalized spacial score (nSPS) is 11.4. The fraction of sp³-hybridized carbons (Fsp3) is 0.114. The van der Waals surface area contributed by atoms with E-state index in [1.807, 2.05) is 0 Å². The lowest BCUT2D eigenvalue weighted by atomic mass is 10.1. The van der Waals surface area contributed by atoms with Gasteiger partial charge in [0.1, 0.15) is 6.33 Å². The second-order valence-electron chi connectivity index (χ2n) is 10.2. The minimum absolute atomic E-state index is 0.203. The number of thiophene rings is 1. The summed E-state index contributed by atoms with van der Waals surface area (Å²) in [6, 6.07) is 39.0. The Bertz CT molecular complexity index is 1960. The molecule has 0 unspecified atom stereocenters. The number of hydrogen-bond acceptors (Lipinski definition) is 5. The molecule has 0 radical (unpaired) electrons. The van der Waals surface area contributed by atoms with Gasteiger partial charge in [-0.05, 0) is 78.2 Å². The van der Waals surface area contributed by atoms with Gasteiger partial charge in [-0.1, -0.05) is 67.9 Å². The van der Waals surface area contributed by atoms with Gasteiger partial charge in [-0.2, -0.15) is 4.98 Å². The Morgan fingerprint density at radius 1 is 0.714 bits per heavy atom. The van der Waals surface area contributed by atoms with Crippen LogP contribution in [0.15, 0.2) is 116 Å². The zero-order valence-corrected chi connectivity index (χ0v) is 24.7. The molecule has 0 aliphatic rings. The van der Waals surface area contributed by atoms with Crippen LogP contribution < -0.4 is 4.90 Å². The number of para-hydroxylation sites is 2. The van der Waals surface area contributed by atoms with Crippen molar-refractivity contribution in [1.29, 1.82) is 0 Å². The first-order valence-corrected chi connectivity index (χ1v) is 15.3. The second-order valence-corrected chi connectivity index (χ2v) is 11.6. The summed E-state index contributed by atoms with van der Waals surface area (Å²) >= 11 is 7.68. The van der Waals surface area contributed by atoms with Crippen LogP contribution in [0.5, 0.6) is 0 Å². The molecule has 0 aliphatic heterocycles. The number of halogens is 1. The lowest BCUT2D eigenvalue weighted by Crippen LogP contribution is -2.09.